The lowest BCUT2D eigenvalue weighted by Gasteiger charge is -2.19. The van der Waals surface area contributed by atoms with E-state index in [0.29, 0.717) is 25.1 Å². The van der Waals surface area contributed by atoms with E-state index in [1.54, 1.807) is 17.0 Å². The van der Waals surface area contributed by atoms with E-state index in [2.05, 4.69) is 20.8 Å². The molecule has 0 aliphatic carbocycles. The summed E-state index contributed by atoms with van der Waals surface area (Å²) in [6.07, 6.45) is 0.656. The molecule has 0 spiro atoms. The summed E-state index contributed by atoms with van der Waals surface area (Å²) in [6, 6.07) is 7.24. The van der Waals surface area contributed by atoms with E-state index in [-0.39, 0.29) is 18.0 Å². The van der Waals surface area contributed by atoms with Crippen LogP contribution in [-0.4, -0.2) is 41.3 Å². The molecule has 1 aromatic carbocycles. The second kappa shape index (κ2) is 6.96. The molecule has 7 nitrogen and oxygen atoms in total. The third-order valence-electron chi connectivity index (χ3n) is 4.27. The van der Waals surface area contributed by atoms with Crippen LogP contribution in [0.5, 0.6) is 0 Å². The van der Waals surface area contributed by atoms with Crippen molar-refractivity contribution in [1.29, 1.82) is 0 Å². The normalized spacial score (nSPS) is 15.2. The predicted octanol–water partition coefficient (Wildman–Crippen LogP) is 1.92. The Kier molecular flexibility index (Phi) is 4.74. The van der Waals surface area contributed by atoms with Crippen LogP contribution in [0.3, 0.4) is 0 Å². The molecule has 3 N–H and O–H groups in total. The molecular formula is C18H23N5O2. The van der Waals surface area contributed by atoms with Gasteiger partial charge >= 0.3 is 6.03 Å². The van der Waals surface area contributed by atoms with E-state index in [0.717, 1.165) is 22.6 Å². The first-order chi connectivity index (χ1) is 11.9. The number of amides is 3. The SMILES string of the molecule is Cc1cc(C[C@@H](C)NC(=O)c2ccc(C)c(N3CCNC3=O)c2)n[nH]1. The van der Waals surface area contributed by atoms with Crippen LogP contribution in [0.2, 0.25) is 0 Å². The van der Waals surface area contributed by atoms with Gasteiger partial charge in [-0.1, -0.05) is 6.07 Å². The summed E-state index contributed by atoms with van der Waals surface area (Å²) >= 11 is 0. The van der Waals surface area contributed by atoms with E-state index in [4.69, 9.17) is 0 Å². The molecule has 1 aliphatic rings. The number of hydrogen-bond acceptors (Lipinski definition) is 3. The largest absolute Gasteiger partial charge is 0.349 e. The zero-order valence-corrected chi connectivity index (χ0v) is 14.7. The highest BCUT2D eigenvalue weighted by Gasteiger charge is 2.23. The van der Waals surface area contributed by atoms with Crippen molar-refractivity contribution in [1.82, 2.24) is 20.8 Å². The Bertz CT molecular complexity index is 799. The van der Waals surface area contributed by atoms with Gasteiger partial charge in [0, 0.05) is 42.5 Å². The van der Waals surface area contributed by atoms with Crippen molar-refractivity contribution in [2.45, 2.75) is 33.2 Å². The summed E-state index contributed by atoms with van der Waals surface area (Å²) in [5.41, 5.74) is 4.21. The number of carbonyl (C=O) groups excluding carboxylic acids is 2. The molecule has 0 bridgehead atoms. The molecule has 1 aliphatic heterocycles. The maximum Gasteiger partial charge on any atom is 0.322 e. The van der Waals surface area contributed by atoms with Gasteiger partial charge in [0.05, 0.1) is 5.69 Å². The number of H-pyrrole nitrogens is 1. The van der Waals surface area contributed by atoms with Gasteiger partial charge in [-0.25, -0.2) is 4.79 Å². The van der Waals surface area contributed by atoms with Crippen molar-refractivity contribution in [2.24, 2.45) is 0 Å². The van der Waals surface area contributed by atoms with Gasteiger partial charge in [-0.05, 0) is 44.5 Å². The van der Waals surface area contributed by atoms with E-state index in [1.165, 1.54) is 0 Å². The lowest BCUT2D eigenvalue weighted by Crippen LogP contribution is -2.34. The van der Waals surface area contributed by atoms with Gasteiger partial charge < -0.3 is 10.6 Å². The number of aryl methyl sites for hydroxylation is 2. The van der Waals surface area contributed by atoms with E-state index in [1.807, 2.05) is 32.9 Å². The lowest BCUT2D eigenvalue weighted by atomic mass is 10.1. The van der Waals surface area contributed by atoms with Gasteiger partial charge in [0.15, 0.2) is 0 Å². The number of aromatic amines is 1. The molecular weight excluding hydrogens is 318 g/mol. The molecule has 0 radical (unpaired) electrons. The maximum atomic E-state index is 12.6. The minimum atomic E-state index is -0.152. The van der Waals surface area contributed by atoms with Gasteiger partial charge in [0.1, 0.15) is 0 Å². The third-order valence-corrected chi connectivity index (χ3v) is 4.27. The summed E-state index contributed by atoms with van der Waals surface area (Å²) in [5, 5.41) is 12.9. The molecule has 0 saturated carbocycles. The molecule has 132 valence electrons. The maximum absolute atomic E-state index is 12.6. The summed E-state index contributed by atoms with van der Waals surface area (Å²) in [6.45, 7) is 7.06. The van der Waals surface area contributed by atoms with Crippen molar-refractivity contribution >= 4 is 17.6 Å². The Morgan fingerprint density at radius 1 is 1.36 bits per heavy atom. The average Bonchev–Trinajstić information content (AvgIpc) is 3.16. The molecule has 25 heavy (non-hydrogen) atoms. The smallest absolute Gasteiger partial charge is 0.322 e. The molecule has 1 atom stereocenters. The average molecular weight is 341 g/mol. The molecule has 2 heterocycles. The number of benzene rings is 1. The summed E-state index contributed by atoms with van der Waals surface area (Å²) in [4.78, 5) is 26.1. The highest BCUT2D eigenvalue weighted by atomic mass is 16.2. The number of aromatic nitrogens is 2. The third kappa shape index (κ3) is 3.81. The van der Waals surface area contributed by atoms with Gasteiger partial charge in [-0.2, -0.15) is 5.10 Å². The van der Waals surface area contributed by atoms with Gasteiger partial charge in [-0.15, -0.1) is 0 Å². The minimum absolute atomic E-state index is 0.0463. The first-order valence-corrected chi connectivity index (χ1v) is 8.42. The van der Waals surface area contributed by atoms with Gasteiger partial charge in [-0.3, -0.25) is 14.8 Å². The van der Waals surface area contributed by atoms with Crippen LogP contribution in [0.15, 0.2) is 24.3 Å². The number of hydrogen-bond donors (Lipinski definition) is 3. The second-order valence-corrected chi connectivity index (χ2v) is 6.51. The highest BCUT2D eigenvalue weighted by Crippen LogP contribution is 2.23. The summed E-state index contributed by atoms with van der Waals surface area (Å²) in [5.74, 6) is -0.152. The van der Waals surface area contributed by atoms with Crippen LogP contribution in [0.25, 0.3) is 0 Å². The quantitative estimate of drug-likeness (QED) is 0.776. The lowest BCUT2D eigenvalue weighted by molar-refractivity contribution is 0.0940. The van der Waals surface area contributed by atoms with Gasteiger partial charge in [0.2, 0.25) is 0 Å². The molecule has 1 fully saturated rings. The second-order valence-electron chi connectivity index (χ2n) is 6.51. The van der Waals surface area contributed by atoms with Crippen LogP contribution in [0.4, 0.5) is 10.5 Å². The zero-order chi connectivity index (χ0) is 18.0. The Hall–Kier alpha value is -2.83. The monoisotopic (exact) mass is 341 g/mol. The van der Waals surface area contributed by atoms with Crippen LogP contribution >= 0.6 is 0 Å². The topological polar surface area (TPSA) is 90.1 Å². The predicted molar refractivity (Wildman–Crippen MR) is 95.9 cm³/mol. The van der Waals surface area contributed by atoms with E-state index < -0.39 is 0 Å². The fourth-order valence-electron chi connectivity index (χ4n) is 2.99. The number of anilines is 1. The Morgan fingerprint density at radius 2 is 2.16 bits per heavy atom. The first-order valence-electron chi connectivity index (χ1n) is 8.42. The molecule has 3 amide bonds. The van der Waals surface area contributed by atoms with Crippen LogP contribution in [-0.2, 0) is 6.42 Å². The van der Waals surface area contributed by atoms with E-state index >= 15 is 0 Å². The number of nitrogens with zero attached hydrogens (tertiary/aromatic N) is 2. The van der Waals surface area contributed by atoms with Crippen LogP contribution in [0, 0.1) is 13.8 Å². The van der Waals surface area contributed by atoms with Crippen molar-refractivity contribution in [3.05, 3.63) is 46.8 Å². The highest BCUT2D eigenvalue weighted by molar-refractivity contribution is 5.99. The van der Waals surface area contributed by atoms with E-state index in [9.17, 15) is 9.59 Å². The summed E-state index contributed by atoms with van der Waals surface area (Å²) < 4.78 is 0. The first kappa shape index (κ1) is 17.0. The Labute approximate surface area is 146 Å². The van der Waals surface area contributed by atoms with Crippen LogP contribution in [0.1, 0.15) is 34.2 Å². The Morgan fingerprint density at radius 3 is 2.80 bits per heavy atom. The fourth-order valence-corrected chi connectivity index (χ4v) is 2.99. The van der Waals surface area contributed by atoms with Crippen LogP contribution < -0.4 is 15.5 Å². The number of carbonyl (C=O) groups is 2. The number of nitrogens with one attached hydrogen (secondary N) is 3. The zero-order valence-electron chi connectivity index (χ0n) is 14.7. The molecule has 0 unspecified atom stereocenters. The molecule has 1 aromatic heterocycles. The molecule has 3 rings (SSSR count). The van der Waals surface area contributed by atoms with Crippen molar-refractivity contribution < 1.29 is 9.59 Å². The minimum Gasteiger partial charge on any atom is -0.349 e. The van der Waals surface area contributed by atoms with Crippen molar-refractivity contribution in [2.75, 3.05) is 18.0 Å². The molecule has 7 heteroatoms. The standard InChI is InChI=1S/C18H23N5O2/c1-11-4-5-14(10-16(11)23-7-6-19-18(23)25)17(24)20-12(2)8-15-9-13(3)21-22-15/h4-5,9-10,12H,6-8H2,1-3H3,(H,19,25)(H,20,24)(H,21,22)/t12-/m1/s1. The Balaban J connectivity index is 1.70. The number of rotatable bonds is 5. The molecule has 2 aromatic rings. The van der Waals surface area contributed by atoms with Gasteiger partial charge in [0.25, 0.3) is 5.91 Å². The molecule has 1 saturated heterocycles. The van der Waals surface area contributed by atoms with Crippen molar-refractivity contribution in [3.63, 3.8) is 0 Å². The summed E-state index contributed by atoms with van der Waals surface area (Å²) in [7, 11) is 0. The van der Waals surface area contributed by atoms with Crippen molar-refractivity contribution in [3.8, 4) is 0 Å². The fraction of sp³-hybridized carbons (Fsp3) is 0.389. The number of urea groups is 1.